The Morgan fingerprint density at radius 3 is 2.95 bits per heavy atom. The van der Waals surface area contributed by atoms with E-state index in [1.807, 2.05) is 0 Å². The first-order valence-corrected chi connectivity index (χ1v) is 7.24. The van der Waals surface area contributed by atoms with Crippen LogP contribution in [0.2, 0.25) is 0 Å². The second kappa shape index (κ2) is 6.00. The summed E-state index contributed by atoms with van der Waals surface area (Å²) < 4.78 is 20.4. The van der Waals surface area contributed by atoms with Gasteiger partial charge in [-0.05, 0) is 63.6 Å². The number of nitrogens with zero attached hydrogens (tertiary/aromatic N) is 2. The molecule has 0 radical (unpaired) electrons. The molecule has 1 heterocycles. The summed E-state index contributed by atoms with van der Waals surface area (Å²) in [7, 11) is 0. The Morgan fingerprint density at radius 1 is 1.47 bits per heavy atom. The minimum atomic E-state index is -0.381. The van der Waals surface area contributed by atoms with Gasteiger partial charge in [-0.25, -0.2) is 14.4 Å². The first-order valence-electron chi connectivity index (χ1n) is 5.37. The predicted molar refractivity (Wildman–Crippen MR) is 82.3 cm³/mol. The van der Waals surface area contributed by atoms with E-state index in [0.717, 1.165) is 9.13 Å². The monoisotopic (exact) mass is 437 g/mol. The second-order valence-electron chi connectivity index (χ2n) is 3.81. The van der Waals surface area contributed by atoms with Crippen LogP contribution < -0.4 is 10.5 Å². The van der Waals surface area contributed by atoms with Gasteiger partial charge in [0.1, 0.15) is 16.5 Å². The molecule has 100 valence electrons. The molecule has 1 atom stereocenters. The van der Waals surface area contributed by atoms with Crippen molar-refractivity contribution in [2.24, 2.45) is 0 Å². The van der Waals surface area contributed by atoms with Gasteiger partial charge in [-0.15, -0.1) is 0 Å². The molecule has 1 unspecified atom stereocenters. The van der Waals surface area contributed by atoms with Gasteiger partial charge in [-0.1, -0.05) is 0 Å². The summed E-state index contributed by atoms with van der Waals surface area (Å²) >= 11 is 5.33. The van der Waals surface area contributed by atoms with Crippen LogP contribution >= 0.6 is 38.5 Å². The molecule has 4 nitrogen and oxygen atoms in total. The quantitative estimate of drug-likeness (QED) is 0.743. The fraction of sp³-hybridized carbons (Fsp3) is 0.167. The molecular weight excluding hydrogens is 428 g/mol. The van der Waals surface area contributed by atoms with E-state index in [4.69, 9.17) is 10.5 Å². The van der Waals surface area contributed by atoms with Crippen molar-refractivity contribution in [1.29, 1.82) is 0 Å². The van der Waals surface area contributed by atoms with Crippen molar-refractivity contribution in [2.45, 2.75) is 13.0 Å². The number of halogens is 3. The number of benzene rings is 1. The van der Waals surface area contributed by atoms with Crippen molar-refractivity contribution in [3.05, 3.63) is 43.9 Å². The molecule has 1 aromatic carbocycles. The van der Waals surface area contributed by atoms with E-state index >= 15 is 0 Å². The number of nitrogens with two attached hydrogens (primary N) is 1. The predicted octanol–water partition coefficient (Wildman–Crippen LogP) is 3.71. The molecule has 0 aliphatic rings. The summed E-state index contributed by atoms with van der Waals surface area (Å²) in [5, 5.41) is 0. The summed E-state index contributed by atoms with van der Waals surface area (Å²) in [5.74, 6) is 0.113. The molecule has 0 spiro atoms. The summed E-state index contributed by atoms with van der Waals surface area (Å²) in [5.41, 5.74) is 6.43. The van der Waals surface area contributed by atoms with Crippen LogP contribution in [0.15, 0.2) is 29.0 Å². The molecule has 19 heavy (non-hydrogen) atoms. The standard InChI is InChI=1S/C12H10BrFIN3O/c1-6(8-4-7(14)2-3-9(8)15)19-12-11(16)17-5-10(13)18-12/h2-6H,1H3,(H2,16,17). The van der Waals surface area contributed by atoms with Gasteiger partial charge in [0.25, 0.3) is 5.88 Å². The molecule has 0 aliphatic heterocycles. The SMILES string of the molecule is CC(Oc1nc(Br)cnc1N)c1cc(F)ccc1I. The van der Waals surface area contributed by atoms with Crippen LogP contribution in [0.4, 0.5) is 10.2 Å². The van der Waals surface area contributed by atoms with Crippen molar-refractivity contribution in [3.8, 4) is 5.88 Å². The van der Waals surface area contributed by atoms with Crippen molar-refractivity contribution in [1.82, 2.24) is 9.97 Å². The molecule has 2 aromatic rings. The topological polar surface area (TPSA) is 61.0 Å². The van der Waals surface area contributed by atoms with Crippen LogP contribution in [0.3, 0.4) is 0 Å². The molecule has 2 rings (SSSR count). The number of aromatic nitrogens is 2. The van der Waals surface area contributed by atoms with Gasteiger partial charge < -0.3 is 10.5 Å². The first-order chi connectivity index (χ1) is 8.97. The molecule has 0 amide bonds. The summed E-state index contributed by atoms with van der Waals surface area (Å²) in [6.45, 7) is 1.80. The molecule has 0 bridgehead atoms. The highest BCUT2D eigenvalue weighted by Crippen LogP contribution is 2.28. The summed E-state index contributed by atoms with van der Waals surface area (Å²) in [6.07, 6.45) is 1.10. The number of hydrogen-bond donors (Lipinski definition) is 1. The third-order valence-corrected chi connectivity index (χ3v) is 3.79. The molecule has 1 aromatic heterocycles. The lowest BCUT2D eigenvalue weighted by Gasteiger charge is -2.16. The van der Waals surface area contributed by atoms with Gasteiger partial charge in [-0.3, -0.25) is 0 Å². The number of ether oxygens (including phenoxy) is 1. The molecule has 0 aliphatic carbocycles. The fourth-order valence-corrected chi connectivity index (χ4v) is 2.54. The van der Waals surface area contributed by atoms with Crippen LogP contribution in [-0.2, 0) is 0 Å². The Labute approximate surface area is 131 Å². The van der Waals surface area contributed by atoms with Crippen molar-refractivity contribution in [2.75, 3.05) is 5.73 Å². The maximum atomic E-state index is 13.3. The highest BCUT2D eigenvalue weighted by Gasteiger charge is 2.15. The van der Waals surface area contributed by atoms with Gasteiger partial charge in [0.05, 0.1) is 6.20 Å². The number of anilines is 1. The Hall–Kier alpha value is -0.960. The zero-order chi connectivity index (χ0) is 14.0. The van der Waals surface area contributed by atoms with E-state index in [2.05, 4.69) is 48.5 Å². The van der Waals surface area contributed by atoms with Crippen LogP contribution in [0, 0.1) is 9.39 Å². The lowest BCUT2D eigenvalue weighted by molar-refractivity contribution is 0.216. The first kappa shape index (κ1) is 14.4. The highest BCUT2D eigenvalue weighted by atomic mass is 127. The smallest absolute Gasteiger partial charge is 0.258 e. The average molecular weight is 438 g/mol. The van der Waals surface area contributed by atoms with Crippen LogP contribution in [0.5, 0.6) is 5.88 Å². The van der Waals surface area contributed by atoms with Gasteiger partial charge in [0, 0.05) is 9.13 Å². The second-order valence-corrected chi connectivity index (χ2v) is 5.78. The van der Waals surface area contributed by atoms with Gasteiger partial charge in [0.15, 0.2) is 5.82 Å². The van der Waals surface area contributed by atoms with Crippen molar-refractivity contribution in [3.63, 3.8) is 0 Å². The Kier molecular flexibility index (Phi) is 4.56. The van der Waals surface area contributed by atoms with Crippen molar-refractivity contribution >= 4 is 44.3 Å². The Morgan fingerprint density at radius 2 is 2.21 bits per heavy atom. The highest BCUT2D eigenvalue weighted by molar-refractivity contribution is 14.1. The minimum absolute atomic E-state index is 0.196. The van der Waals surface area contributed by atoms with Gasteiger partial charge in [0.2, 0.25) is 0 Å². The van der Waals surface area contributed by atoms with E-state index in [1.54, 1.807) is 13.0 Å². The van der Waals surface area contributed by atoms with E-state index in [1.165, 1.54) is 18.3 Å². The zero-order valence-corrected chi connectivity index (χ0v) is 13.6. The number of nitrogen functional groups attached to an aromatic ring is 1. The lowest BCUT2D eigenvalue weighted by atomic mass is 10.1. The average Bonchev–Trinajstić information content (AvgIpc) is 2.36. The van der Waals surface area contributed by atoms with E-state index in [0.29, 0.717) is 4.60 Å². The van der Waals surface area contributed by atoms with Crippen LogP contribution in [0.25, 0.3) is 0 Å². The third-order valence-electron chi connectivity index (χ3n) is 2.42. The lowest BCUT2D eigenvalue weighted by Crippen LogP contribution is -2.09. The van der Waals surface area contributed by atoms with Crippen LogP contribution in [0.1, 0.15) is 18.6 Å². The molecular formula is C12H10BrFIN3O. The maximum Gasteiger partial charge on any atom is 0.258 e. The molecule has 7 heteroatoms. The van der Waals surface area contributed by atoms with Gasteiger partial charge in [-0.2, -0.15) is 0 Å². The maximum absolute atomic E-state index is 13.3. The molecule has 0 saturated heterocycles. The largest absolute Gasteiger partial charge is 0.467 e. The Balaban J connectivity index is 2.27. The summed E-state index contributed by atoms with van der Waals surface area (Å²) in [4.78, 5) is 8.03. The van der Waals surface area contributed by atoms with Crippen molar-refractivity contribution < 1.29 is 9.13 Å². The number of rotatable bonds is 3. The molecule has 0 fully saturated rings. The zero-order valence-electron chi connectivity index (χ0n) is 9.90. The van der Waals surface area contributed by atoms with E-state index in [9.17, 15) is 4.39 Å². The van der Waals surface area contributed by atoms with Crippen LogP contribution in [-0.4, -0.2) is 9.97 Å². The Bertz CT molecular complexity index is 612. The minimum Gasteiger partial charge on any atom is -0.467 e. The fourth-order valence-electron chi connectivity index (χ4n) is 1.50. The molecule has 2 N–H and O–H groups in total. The van der Waals surface area contributed by atoms with E-state index < -0.39 is 0 Å². The van der Waals surface area contributed by atoms with E-state index in [-0.39, 0.29) is 23.6 Å². The third kappa shape index (κ3) is 3.53. The summed E-state index contributed by atoms with van der Waals surface area (Å²) in [6, 6.07) is 4.54. The molecule has 0 saturated carbocycles. The normalized spacial score (nSPS) is 12.2. The number of hydrogen-bond acceptors (Lipinski definition) is 4. The van der Waals surface area contributed by atoms with Gasteiger partial charge >= 0.3 is 0 Å².